The number of hydrogen-bond acceptors (Lipinski definition) is 3. The first-order chi connectivity index (χ1) is 9.00. The van der Waals surface area contributed by atoms with Gasteiger partial charge in [-0.3, -0.25) is 0 Å². The van der Waals surface area contributed by atoms with Crippen LogP contribution in [0, 0.1) is 0 Å². The molecule has 0 fully saturated rings. The van der Waals surface area contributed by atoms with Gasteiger partial charge in [-0.1, -0.05) is 24.3 Å². The van der Waals surface area contributed by atoms with Crippen molar-refractivity contribution in [3.8, 4) is 0 Å². The largest absolute Gasteiger partial charge is 0.478 e. The van der Waals surface area contributed by atoms with Crippen molar-refractivity contribution >= 4 is 11.9 Å². The van der Waals surface area contributed by atoms with E-state index in [1.165, 1.54) is 24.0 Å². The number of hydrogen-bond donors (Lipinski definition) is 3. The summed E-state index contributed by atoms with van der Waals surface area (Å²) < 4.78 is 0. The number of fused-ring (bicyclic) bond motifs is 1. The molecule has 102 valence electrons. The van der Waals surface area contributed by atoms with E-state index in [9.17, 15) is 9.59 Å². The number of carbonyl (C=O) groups is 2. The Balaban J connectivity index is 0.000000203. The van der Waals surface area contributed by atoms with Crippen molar-refractivity contribution in [1.29, 1.82) is 0 Å². The predicted molar refractivity (Wildman–Crippen MR) is 70.7 cm³/mol. The van der Waals surface area contributed by atoms with E-state index >= 15 is 0 Å². The van der Waals surface area contributed by atoms with Crippen molar-refractivity contribution in [1.82, 2.24) is 0 Å². The molecule has 1 aliphatic rings. The molecule has 0 spiro atoms. The Morgan fingerprint density at radius 2 is 1.74 bits per heavy atom. The molecule has 19 heavy (non-hydrogen) atoms. The lowest BCUT2D eigenvalue weighted by Crippen LogP contribution is -2.16. The number of rotatable bonds is 2. The molecule has 0 aromatic heterocycles. The number of nitrogens with two attached hydrogens (primary N) is 1. The molecule has 1 aromatic rings. The van der Waals surface area contributed by atoms with Crippen LogP contribution in [0.15, 0.2) is 36.4 Å². The molecule has 0 amide bonds. The van der Waals surface area contributed by atoms with Crippen molar-refractivity contribution in [2.75, 3.05) is 0 Å². The van der Waals surface area contributed by atoms with Crippen LogP contribution in [0.25, 0.3) is 0 Å². The lowest BCUT2D eigenvalue weighted by atomic mass is 9.88. The van der Waals surface area contributed by atoms with Crippen LogP contribution in [-0.2, 0) is 16.0 Å². The number of carboxylic acid groups (broad SMARTS) is 2. The number of carboxylic acids is 2. The average Bonchev–Trinajstić information content (AvgIpc) is 2.38. The highest BCUT2D eigenvalue weighted by atomic mass is 16.4. The van der Waals surface area contributed by atoms with Crippen LogP contribution in [0.3, 0.4) is 0 Å². The van der Waals surface area contributed by atoms with Gasteiger partial charge in [0, 0.05) is 18.2 Å². The monoisotopic (exact) mass is 263 g/mol. The first-order valence-corrected chi connectivity index (χ1v) is 5.98. The molecule has 0 saturated heterocycles. The third kappa shape index (κ3) is 5.35. The Hall–Kier alpha value is -2.14. The van der Waals surface area contributed by atoms with Crippen LogP contribution >= 0.6 is 0 Å². The van der Waals surface area contributed by atoms with Crippen LogP contribution in [0.4, 0.5) is 0 Å². The van der Waals surface area contributed by atoms with Crippen LogP contribution in [0.2, 0.25) is 0 Å². The molecule has 4 N–H and O–H groups in total. The van der Waals surface area contributed by atoms with Gasteiger partial charge in [0.2, 0.25) is 0 Å². The SMILES string of the molecule is NC1CCCc2ccccc21.O=C(O)C=CC(=O)O. The highest BCUT2D eigenvalue weighted by Crippen LogP contribution is 2.26. The minimum absolute atomic E-state index is 0.292. The van der Waals surface area contributed by atoms with E-state index in [0.29, 0.717) is 18.2 Å². The highest BCUT2D eigenvalue weighted by Gasteiger charge is 2.14. The van der Waals surface area contributed by atoms with Crippen LogP contribution < -0.4 is 5.73 Å². The van der Waals surface area contributed by atoms with Gasteiger partial charge in [0.05, 0.1) is 0 Å². The Kier molecular flexibility index (Phi) is 5.75. The van der Waals surface area contributed by atoms with Gasteiger partial charge in [0.15, 0.2) is 0 Å². The fourth-order valence-corrected chi connectivity index (χ4v) is 1.93. The molecule has 0 heterocycles. The fourth-order valence-electron chi connectivity index (χ4n) is 1.93. The maximum atomic E-state index is 9.55. The molecule has 1 atom stereocenters. The zero-order chi connectivity index (χ0) is 14.3. The van der Waals surface area contributed by atoms with Crippen molar-refractivity contribution in [3.63, 3.8) is 0 Å². The highest BCUT2D eigenvalue weighted by molar-refractivity contribution is 5.89. The molecule has 5 nitrogen and oxygen atoms in total. The summed E-state index contributed by atoms with van der Waals surface area (Å²) in [6, 6.07) is 8.80. The Morgan fingerprint density at radius 1 is 1.16 bits per heavy atom. The maximum absolute atomic E-state index is 9.55. The molecule has 2 rings (SSSR count). The Bertz CT molecular complexity index is 466. The minimum atomic E-state index is -1.26. The predicted octanol–water partition coefficient (Wildman–Crippen LogP) is 1.73. The molecule has 0 saturated carbocycles. The van der Waals surface area contributed by atoms with Crippen molar-refractivity contribution in [2.45, 2.75) is 25.3 Å². The quantitative estimate of drug-likeness (QED) is 0.705. The van der Waals surface area contributed by atoms with Crippen molar-refractivity contribution in [2.24, 2.45) is 5.73 Å². The number of aliphatic carboxylic acids is 2. The molecule has 1 unspecified atom stereocenters. The molecular weight excluding hydrogens is 246 g/mol. The number of aryl methyl sites for hydroxylation is 1. The smallest absolute Gasteiger partial charge is 0.328 e. The second kappa shape index (κ2) is 7.33. The van der Waals surface area contributed by atoms with Gasteiger partial charge in [-0.15, -0.1) is 0 Å². The third-order valence-electron chi connectivity index (χ3n) is 2.78. The van der Waals surface area contributed by atoms with Gasteiger partial charge < -0.3 is 15.9 Å². The topological polar surface area (TPSA) is 101 Å². The normalized spacial score (nSPS) is 17.2. The van der Waals surface area contributed by atoms with Crippen LogP contribution in [0.5, 0.6) is 0 Å². The van der Waals surface area contributed by atoms with E-state index in [4.69, 9.17) is 15.9 Å². The summed E-state index contributed by atoms with van der Waals surface area (Å²) in [7, 11) is 0. The van der Waals surface area contributed by atoms with Gasteiger partial charge in [-0.05, 0) is 30.4 Å². The summed E-state index contributed by atoms with van der Waals surface area (Å²) in [5.74, 6) is -2.51. The second-order valence-electron chi connectivity index (χ2n) is 4.21. The van der Waals surface area contributed by atoms with Gasteiger partial charge in [-0.25, -0.2) is 9.59 Å². The molecule has 1 aromatic carbocycles. The standard InChI is InChI=1S/C10H13N.C4H4O4/c11-10-7-3-5-8-4-1-2-6-9(8)10;5-3(6)1-2-4(7)8/h1-2,4,6,10H,3,5,7,11H2;1-2H,(H,5,6)(H,7,8). The van der Waals surface area contributed by atoms with Crippen molar-refractivity contribution in [3.05, 3.63) is 47.5 Å². The lowest BCUT2D eigenvalue weighted by Gasteiger charge is -2.21. The van der Waals surface area contributed by atoms with Crippen molar-refractivity contribution < 1.29 is 19.8 Å². The lowest BCUT2D eigenvalue weighted by molar-refractivity contribution is -0.134. The van der Waals surface area contributed by atoms with Gasteiger partial charge in [-0.2, -0.15) is 0 Å². The first kappa shape index (κ1) is 14.9. The van der Waals surface area contributed by atoms with E-state index in [-0.39, 0.29) is 0 Å². The van der Waals surface area contributed by atoms with Crippen LogP contribution in [-0.4, -0.2) is 22.2 Å². The zero-order valence-electron chi connectivity index (χ0n) is 10.5. The number of benzene rings is 1. The minimum Gasteiger partial charge on any atom is -0.478 e. The second-order valence-corrected chi connectivity index (χ2v) is 4.21. The summed E-state index contributed by atoms with van der Waals surface area (Å²) in [6.07, 6.45) is 4.73. The van der Waals surface area contributed by atoms with E-state index in [1.807, 2.05) is 0 Å². The van der Waals surface area contributed by atoms with E-state index in [1.54, 1.807) is 0 Å². The summed E-state index contributed by atoms with van der Waals surface area (Å²) in [6.45, 7) is 0. The molecule has 0 bridgehead atoms. The van der Waals surface area contributed by atoms with Crippen LogP contribution in [0.1, 0.15) is 30.0 Å². The Labute approximate surface area is 111 Å². The van der Waals surface area contributed by atoms with Gasteiger partial charge >= 0.3 is 11.9 Å². The van der Waals surface area contributed by atoms with E-state index < -0.39 is 11.9 Å². The summed E-state index contributed by atoms with van der Waals surface area (Å²) in [4.78, 5) is 19.1. The zero-order valence-corrected chi connectivity index (χ0v) is 10.5. The molecule has 1 aliphatic carbocycles. The molecule has 5 heteroatoms. The first-order valence-electron chi connectivity index (χ1n) is 5.98. The molecule has 0 radical (unpaired) electrons. The van der Waals surface area contributed by atoms with Gasteiger partial charge in [0.25, 0.3) is 0 Å². The molecular formula is C14H17NO4. The van der Waals surface area contributed by atoms with Gasteiger partial charge in [0.1, 0.15) is 0 Å². The Morgan fingerprint density at radius 3 is 2.26 bits per heavy atom. The summed E-state index contributed by atoms with van der Waals surface area (Å²) >= 11 is 0. The average molecular weight is 263 g/mol. The van der Waals surface area contributed by atoms with E-state index in [2.05, 4.69) is 24.3 Å². The summed E-state index contributed by atoms with van der Waals surface area (Å²) in [5.41, 5.74) is 8.76. The molecule has 0 aliphatic heterocycles. The third-order valence-corrected chi connectivity index (χ3v) is 2.78. The van der Waals surface area contributed by atoms with E-state index in [0.717, 1.165) is 6.42 Å². The maximum Gasteiger partial charge on any atom is 0.328 e. The fraction of sp³-hybridized carbons (Fsp3) is 0.286. The summed E-state index contributed by atoms with van der Waals surface area (Å²) in [5, 5.41) is 15.6.